The van der Waals surface area contributed by atoms with Crippen molar-refractivity contribution in [1.29, 1.82) is 0 Å². The number of likely N-dealkylation sites (N-methyl/N-ethyl adjacent to an activating group) is 1. The highest BCUT2D eigenvalue weighted by Gasteiger charge is 2.50. The first-order valence-corrected chi connectivity index (χ1v) is 35.6. The van der Waals surface area contributed by atoms with Crippen molar-refractivity contribution < 1.29 is 91.6 Å². The Morgan fingerprint density at radius 2 is 1.28 bits per heavy atom. The van der Waals surface area contributed by atoms with Crippen molar-refractivity contribution in [1.82, 2.24) is 47.3 Å². The summed E-state index contributed by atoms with van der Waals surface area (Å²) in [5.74, 6) is -12.4. The molecule has 8 amide bonds. The number of nitrogens with one attached hydrogen (secondary N) is 9. The lowest BCUT2D eigenvalue weighted by Gasteiger charge is -2.54. The van der Waals surface area contributed by atoms with E-state index in [1.54, 1.807) is 0 Å². The Balaban J connectivity index is 1.01. The van der Waals surface area contributed by atoms with Crippen LogP contribution in [0.3, 0.4) is 0 Å². The molecule has 0 saturated heterocycles. The summed E-state index contributed by atoms with van der Waals surface area (Å²) >= 11 is 6.98. The third-order valence-electron chi connectivity index (χ3n) is 19.9. The number of amides is 8. The molecule has 9 aliphatic rings. The van der Waals surface area contributed by atoms with Crippen molar-refractivity contribution >= 4 is 68.9 Å². The molecule has 103 heavy (non-hydrogen) atoms. The molecular weight excluding hydrogens is 1380 g/mol. The summed E-state index contributed by atoms with van der Waals surface area (Å²) in [6.45, 7) is 5.42. The number of benzene rings is 6. The first-order chi connectivity index (χ1) is 49.0. The fourth-order valence-electron chi connectivity index (χ4n) is 15.1. The molecule has 5 heterocycles. The van der Waals surface area contributed by atoms with Gasteiger partial charge in [0, 0.05) is 29.8 Å². The minimum atomic E-state index is -4.82. The average molecular weight is 1460 g/mol. The largest absolute Gasteiger partial charge is 0.508 e. The number of phenols is 4. The summed E-state index contributed by atoms with van der Waals surface area (Å²) in [4.78, 5) is 121. The van der Waals surface area contributed by atoms with Crippen LogP contribution in [-0.2, 0) is 48.4 Å². The monoisotopic (exact) mass is 1450 g/mol. The lowest BCUT2D eigenvalue weighted by Crippen LogP contribution is -2.59. The Morgan fingerprint density at radius 1 is 0.660 bits per heavy atom. The number of fused-ring (bicyclic) bond motifs is 15. The van der Waals surface area contributed by atoms with Gasteiger partial charge in [-0.1, -0.05) is 43.6 Å². The van der Waals surface area contributed by atoms with Crippen LogP contribution in [0.5, 0.6) is 51.7 Å². The fraction of sp³-hybridized carbons (Fsp3) is 0.389. The number of phenolic OH excluding ortho intramolecular Hbond substituents is 4. The summed E-state index contributed by atoms with van der Waals surface area (Å²) in [7, 11) is -3.32. The molecule has 15 bridgehead atoms. The van der Waals surface area contributed by atoms with Crippen molar-refractivity contribution in [2.24, 2.45) is 35.3 Å². The second-order valence-corrected chi connectivity index (χ2v) is 29.6. The number of carbonyl (C=O) groups is 8. The molecule has 5 aliphatic heterocycles. The van der Waals surface area contributed by atoms with Crippen LogP contribution in [0.25, 0.3) is 11.1 Å². The number of sulfonamides is 1. The van der Waals surface area contributed by atoms with Crippen LogP contribution < -0.4 is 67.2 Å². The summed E-state index contributed by atoms with van der Waals surface area (Å²) in [5, 5.41) is 93.2. The molecular formula is C72H79ClN10O19S. The zero-order valence-electron chi connectivity index (χ0n) is 56.2. The topological polar surface area (TPSA) is 454 Å². The van der Waals surface area contributed by atoms with Gasteiger partial charge in [0.05, 0.1) is 22.4 Å². The second-order valence-electron chi connectivity index (χ2n) is 27.5. The molecule has 6 aromatic carbocycles. The smallest absolute Gasteiger partial charge is 0.264 e. The highest BCUT2D eigenvalue weighted by atomic mass is 35.5. The van der Waals surface area contributed by atoms with Gasteiger partial charge >= 0.3 is 0 Å². The molecule has 4 fully saturated rings. The maximum atomic E-state index is 16.0. The number of halogens is 1. The molecule has 31 heteroatoms. The van der Waals surface area contributed by atoms with E-state index in [1.165, 1.54) is 68.6 Å². The lowest BCUT2D eigenvalue weighted by atomic mass is 9.54. The van der Waals surface area contributed by atoms with E-state index in [1.807, 2.05) is 18.6 Å². The van der Waals surface area contributed by atoms with Crippen molar-refractivity contribution in [2.75, 3.05) is 20.2 Å². The molecule has 4 saturated carbocycles. The molecule has 9 atom stereocenters. The van der Waals surface area contributed by atoms with E-state index in [4.69, 9.17) is 31.5 Å². The van der Waals surface area contributed by atoms with Gasteiger partial charge in [0.25, 0.3) is 10.0 Å². The van der Waals surface area contributed by atoms with Gasteiger partial charge in [-0.3, -0.25) is 38.4 Å². The van der Waals surface area contributed by atoms with E-state index in [2.05, 4.69) is 42.5 Å². The Labute approximate surface area is 596 Å². The van der Waals surface area contributed by atoms with Crippen LogP contribution in [0, 0.1) is 36.5 Å². The van der Waals surface area contributed by atoms with Gasteiger partial charge in [-0.25, -0.2) is 13.1 Å². The van der Waals surface area contributed by atoms with Gasteiger partial charge in [-0.05, 0) is 194 Å². The number of aromatic hydroxyl groups is 4. The number of aliphatic hydroxyl groups excluding tert-OH is 2. The van der Waals surface area contributed by atoms with Crippen molar-refractivity contribution in [3.63, 3.8) is 0 Å². The van der Waals surface area contributed by atoms with E-state index < -0.39 is 158 Å². The number of aryl methyl sites for hydroxylation is 1. The van der Waals surface area contributed by atoms with Gasteiger partial charge in [0.2, 0.25) is 53.0 Å². The molecule has 17 N–H and O–H groups in total. The highest BCUT2D eigenvalue weighted by molar-refractivity contribution is 7.90. The first-order valence-electron chi connectivity index (χ1n) is 33.7. The number of rotatable bonds is 14. The van der Waals surface area contributed by atoms with Crippen LogP contribution in [0.4, 0.5) is 0 Å². The van der Waals surface area contributed by atoms with Crippen LogP contribution in [0.15, 0.2) is 108 Å². The maximum absolute atomic E-state index is 16.0. The number of hydrogen-bond acceptors (Lipinski definition) is 21. The summed E-state index contributed by atoms with van der Waals surface area (Å²) in [6.07, 6.45) is -0.574. The molecule has 29 nitrogen and oxygen atoms in total. The molecule has 0 aromatic heterocycles. The predicted octanol–water partition coefficient (Wildman–Crippen LogP) is 4.26. The quantitative estimate of drug-likeness (QED) is 0.0724. The van der Waals surface area contributed by atoms with Crippen molar-refractivity contribution in [3.05, 3.63) is 142 Å². The minimum Gasteiger partial charge on any atom is -0.508 e. The van der Waals surface area contributed by atoms with Crippen LogP contribution in [0.2, 0.25) is 5.02 Å². The van der Waals surface area contributed by atoms with Crippen LogP contribution >= 0.6 is 11.6 Å². The van der Waals surface area contributed by atoms with Gasteiger partial charge < -0.3 is 93.1 Å². The van der Waals surface area contributed by atoms with E-state index in [0.29, 0.717) is 11.8 Å². The number of carbonyl (C=O) groups excluding carboxylic acids is 8. The Kier molecular flexibility index (Phi) is 20.9. The number of ether oxygens (including phenoxy) is 3. The van der Waals surface area contributed by atoms with Crippen LogP contribution in [-0.4, -0.2) is 137 Å². The van der Waals surface area contributed by atoms with Gasteiger partial charge in [0.15, 0.2) is 11.5 Å². The molecule has 6 aromatic rings. The third kappa shape index (κ3) is 15.3. The first kappa shape index (κ1) is 72.5. The highest BCUT2D eigenvalue weighted by Crippen LogP contribution is 2.54. The standard InChI is InChI=1S/C72H79ClN10O19S/c1-31(2)17-47(75-4)66(91)81-61-63(88)36-6-13-51(32(3)18-36)101-53-26-40-27-54(65(53)90)102-52-14-7-37(25-46(52)73)64(89)62-72(97)80-60(70(95)77-57-38-20-33-19-34(22-38)23-39(57)21-33)45-28-41(84)29-50(86)56(45)44-24-35(5-12-49(44)85)58(68(93)82-62)79-69(94)59(40)78-67(92)48(76-71(61)96)30-55(87)83-103(98,99)43-10-8-42(9-11-43)100-16-15-74/h5-14,18,24-29,31,33-34,38-39,47-48,57-64,75,84-86,88-90H,15-17,19-23,30,74H2,1-4H3,(H,76,96)(H,77,95)(H,78,92)(H,79,94)(H,80,97)(H,81,91)(H,82,93)(H,83,87)/t33?,34?,38?,39?,47-,48+,57?,58-,59-,60+,61-,62+,63-,64-/m1/s1. The molecule has 544 valence electrons. The minimum absolute atomic E-state index is 0.00971. The molecule has 0 spiro atoms. The number of nitrogens with two attached hydrogens (primary N) is 1. The average Bonchev–Trinajstić information content (AvgIpc) is 0.762. The predicted molar refractivity (Wildman–Crippen MR) is 368 cm³/mol. The van der Waals surface area contributed by atoms with E-state index in [9.17, 15) is 48.6 Å². The van der Waals surface area contributed by atoms with E-state index >= 15 is 28.8 Å². The van der Waals surface area contributed by atoms with Gasteiger partial charge in [-0.2, -0.15) is 0 Å². The normalized spacial score (nSPS) is 25.4. The summed E-state index contributed by atoms with van der Waals surface area (Å²) in [6, 6.07) is 6.06. The van der Waals surface area contributed by atoms with Gasteiger partial charge in [-0.15, -0.1) is 0 Å². The Bertz CT molecular complexity index is 4480. The number of hydrogen-bond donors (Lipinski definition) is 16. The molecule has 0 radical (unpaired) electrons. The molecule has 0 unspecified atom stereocenters. The van der Waals surface area contributed by atoms with Crippen LogP contribution in [0.1, 0.15) is 123 Å². The summed E-state index contributed by atoms with van der Waals surface area (Å²) < 4.78 is 47.9. The van der Waals surface area contributed by atoms with Crippen molar-refractivity contribution in [3.8, 4) is 62.9 Å². The Hall–Kier alpha value is -10.2. The van der Waals surface area contributed by atoms with E-state index in [-0.39, 0.29) is 110 Å². The van der Waals surface area contributed by atoms with Crippen molar-refractivity contribution in [2.45, 2.75) is 131 Å². The maximum Gasteiger partial charge on any atom is 0.264 e. The summed E-state index contributed by atoms with van der Waals surface area (Å²) in [5.41, 5.74) is 4.09. The molecule has 4 aliphatic carbocycles. The SMILES string of the molecule is CN[C@H](CC(C)C)C(=O)N[C@H]1C(=O)N[C@@H](CC(=O)NS(=O)(=O)c2ccc(OCCN)cc2)C(=O)N[C@H]2C(=O)N[C@H]3C(=O)N[C@H](C(=O)N[C@H](C(=O)NC4C5CC6CC(C5)CC4C6)c4cc(O)cc(O)c4-c4cc3ccc4O)[C@H](O)c3ccc(c(Cl)c3)Oc3cc2cc(c3O)Oc2ccc(cc2C)[C@H]1O. The fourth-order valence-corrected chi connectivity index (χ4v) is 16.3. The second kappa shape index (κ2) is 29.6. The van der Waals surface area contributed by atoms with Gasteiger partial charge in [0.1, 0.15) is 89.6 Å². The third-order valence-corrected chi connectivity index (χ3v) is 21.6. The lowest BCUT2D eigenvalue weighted by molar-refractivity contribution is -0.138. The zero-order valence-corrected chi connectivity index (χ0v) is 57.8. The van der Waals surface area contributed by atoms with E-state index in [0.717, 1.165) is 80.6 Å². The Morgan fingerprint density at radius 3 is 1.92 bits per heavy atom. The number of aliphatic hydroxyl groups is 2. The zero-order chi connectivity index (χ0) is 73.6. The molecule has 15 rings (SSSR count).